The van der Waals surface area contributed by atoms with E-state index in [1.165, 1.54) is 4.90 Å². The minimum Gasteiger partial charge on any atom is -0.342 e. The molecule has 0 saturated carbocycles. The highest BCUT2D eigenvalue weighted by molar-refractivity contribution is 5.95. The van der Waals surface area contributed by atoms with Crippen LogP contribution in [0.1, 0.15) is 46.1 Å². The van der Waals surface area contributed by atoms with E-state index in [4.69, 9.17) is 0 Å². The van der Waals surface area contributed by atoms with E-state index in [1.54, 1.807) is 0 Å². The summed E-state index contributed by atoms with van der Waals surface area (Å²) in [5.74, 6) is -0.422. The molecule has 4 rings (SSSR count). The molecule has 1 aliphatic heterocycles. The van der Waals surface area contributed by atoms with Gasteiger partial charge in [0.1, 0.15) is 5.82 Å². The average molecular weight is 441 g/mol. The molecule has 31 heavy (non-hydrogen) atoms. The van der Waals surface area contributed by atoms with E-state index >= 15 is 0 Å². The number of halogens is 6. The quantitative estimate of drug-likeness (QED) is 0.525. The topological polar surface area (TPSA) is 49.0 Å². The predicted molar refractivity (Wildman–Crippen MR) is 100 cm³/mol. The van der Waals surface area contributed by atoms with Crippen molar-refractivity contribution in [2.75, 3.05) is 13.1 Å². The molecular formula is C21H17F6N3O. The SMILES string of the molecule is O=C(c1cc(C(F)(F)F)cc(C(F)(F)F)c1)N1CCCC(c2nc3ccccc3[nH]2)C1. The van der Waals surface area contributed by atoms with Gasteiger partial charge in [0, 0.05) is 24.6 Å². The van der Waals surface area contributed by atoms with Crippen LogP contribution in [0.5, 0.6) is 0 Å². The summed E-state index contributed by atoms with van der Waals surface area (Å²) in [6, 6.07) is 8.30. The van der Waals surface area contributed by atoms with Crippen LogP contribution in [0.4, 0.5) is 26.3 Å². The third-order valence-corrected chi connectivity index (χ3v) is 5.34. The number of fused-ring (bicyclic) bond motifs is 1. The smallest absolute Gasteiger partial charge is 0.342 e. The molecule has 1 aromatic heterocycles. The number of imidazole rings is 1. The Labute approximate surface area is 172 Å². The lowest BCUT2D eigenvalue weighted by molar-refractivity contribution is -0.143. The number of benzene rings is 2. The van der Waals surface area contributed by atoms with E-state index in [-0.39, 0.29) is 25.1 Å². The minimum atomic E-state index is -5.00. The summed E-state index contributed by atoms with van der Waals surface area (Å²) in [5.41, 5.74) is -2.08. The van der Waals surface area contributed by atoms with Gasteiger partial charge in [-0.2, -0.15) is 26.3 Å². The van der Waals surface area contributed by atoms with Gasteiger partial charge in [-0.1, -0.05) is 12.1 Å². The number of alkyl halides is 6. The lowest BCUT2D eigenvalue weighted by Gasteiger charge is -2.32. The Morgan fingerprint density at radius 1 is 1.00 bits per heavy atom. The first-order valence-electron chi connectivity index (χ1n) is 9.56. The van der Waals surface area contributed by atoms with Crippen molar-refractivity contribution in [3.05, 3.63) is 65.0 Å². The maximum absolute atomic E-state index is 13.1. The third kappa shape index (κ3) is 4.38. The van der Waals surface area contributed by atoms with Gasteiger partial charge in [0.05, 0.1) is 22.2 Å². The molecule has 0 bridgehead atoms. The zero-order chi connectivity index (χ0) is 22.4. The first-order valence-corrected chi connectivity index (χ1v) is 9.56. The van der Waals surface area contributed by atoms with Crippen LogP contribution in [0.15, 0.2) is 42.5 Å². The Hall–Kier alpha value is -3.04. The number of carbonyl (C=O) groups is 1. The molecule has 1 saturated heterocycles. The first-order chi connectivity index (χ1) is 14.5. The molecule has 1 N–H and O–H groups in total. The van der Waals surface area contributed by atoms with Crippen LogP contribution in [-0.2, 0) is 12.4 Å². The molecule has 2 aromatic carbocycles. The number of piperidine rings is 1. The van der Waals surface area contributed by atoms with Crippen LogP contribution in [0, 0.1) is 0 Å². The van der Waals surface area contributed by atoms with Crippen molar-refractivity contribution in [1.82, 2.24) is 14.9 Å². The number of aromatic amines is 1. The summed E-state index contributed by atoms with van der Waals surface area (Å²) in [5, 5.41) is 0. The third-order valence-electron chi connectivity index (χ3n) is 5.34. The van der Waals surface area contributed by atoms with Crippen molar-refractivity contribution in [2.24, 2.45) is 0 Å². The summed E-state index contributed by atoms with van der Waals surface area (Å²) >= 11 is 0. The van der Waals surface area contributed by atoms with E-state index in [9.17, 15) is 31.1 Å². The molecule has 4 nitrogen and oxygen atoms in total. The van der Waals surface area contributed by atoms with Crippen LogP contribution in [0.25, 0.3) is 11.0 Å². The number of hydrogen-bond donors (Lipinski definition) is 1. The molecule has 10 heteroatoms. The van der Waals surface area contributed by atoms with Gasteiger partial charge in [0.25, 0.3) is 5.91 Å². The second-order valence-corrected chi connectivity index (χ2v) is 7.52. The molecule has 1 amide bonds. The summed E-state index contributed by atoms with van der Waals surface area (Å²) in [6.45, 7) is 0.392. The first kappa shape index (κ1) is 21.2. The number of aromatic nitrogens is 2. The van der Waals surface area contributed by atoms with Crippen LogP contribution in [0.3, 0.4) is 0 Å². The molecule has 0 spiro atoms. The molecular weight excluding hydrogens is 424 g/mol. The van der Waals surface area contributed by atoms with Crippen molar-refractivity contribution in [1.29, 1.82) is 0 Å². The fourth-order valence-electron chi connectivity index (χ4n) is 3.81. The van der Waals surface area contributed by atoms with E-state index in [0.717, 1.165) is 11.0 Å². The zero-order valence-electron chi connectivity index (χ0n) is 16.0. The fourth-order valence-corrected chi connectivity index (χ4v) is 3.81. The molecule has 164 valence electrons. The minimum absolute atomic E-state index is 0.0180. The monoisotopic (exact) mass is 441 g/mol. The van der Waals surface area contributed by atoms with Crippen LogP contribution < -0.4 is 0 Å². The lowest BCUT2D eigenvalue weighted by Crippen LogP contribution is -2.39. The van der Waals surface area contributed by atoms with Crippen molar-refractivity contribution in [2.45, 2.75) is 31.1 Å². The zero-order valence-corrected chi connectivity index (χ0v) is 16.0. The number of carbonyl (C=O) groups excluding carboxylic acids is 1. The van der Waals surface area contributed by atoms with E-state index < -0.39 is 35.0 Å². The number of amides is 1. The van der Waals surface area contributed by atoms with Crippen LogP contribution in [0.2, 0.25) is 0 Å². The number of hydrogen-bond acceptors (Lipinski definition) is 2. The second-order valence-electron chi connectivity index (χ2n) is 7.52. The maximum Gasteiger partial charge on any atom is 0.416 e. The number of H-pyrrole nitrogens is 1. The highest BCUT2D eigenvalue weighted by Crippen LogP contribution is 2.37. The second kappa shape index (κ2) is 7.58. The van der Waals surface area contributed by atoms with Crippen molar-refractivity contribution in [3.63, 3.8) is 0 Å². The van der Waals surface area contributed by atoms with Crippen molar-refractivity contribution >= 4 is 16.9 Å². The number of nitrogens with one attached hydrogen (secondary N) is 1. The Kier molecular flexibility index (Phi) is 5.18. The Balaban J connectivity index is 1.62. The van der Waals surface area contributed by atoms with Gasteiger partial charge >= 0.3 is 12.4 Å². The van der Waals surface area contributed by atoms with Gasteiger partial charge in [0.2, 0.25) is 0 Å². The molecule has 0 aliphatic carbocycles. The van der Waals surface area contributed by atoms with Gasteiger partial charge in [-0.3, -0.25) is 4.79 Å². The maximum atomic E-state index is 13.1. The van der Waals surface area contributed by atoms with Crippen molar-refractivity contribution in [3.8, 4) is 0 Å². The summed E-state index contributed by atoms with van der Waals surface area (Å²) in [6.07, 6.45) is -8.76. The van der Waals surface area contributed by atoms with Gasteiger partial charge in [-0.15, -0.1) is 0 Å². The van der Waals surface area contributed by atoms with E-state index in [0.29, 0.717) is 30.8 Å². The molecule has 3 aromatic rings. The summed E-state index contributed by atoms with van der Waals surface area (Å²) in [4.78, 5) is 21.8. The predicted octanol–water partition coefficient (Wildman–Crippen LogP) is 5.62. The van der Waals surface area contributed by atoms with Crippen LogP contribution in [-0.4, -0.2) is 33.9 Å². The number of para-hydroxylation sites is 2. The standard InChI is InChI=1S/C21H17F6N3O/c22-20(23,24)14-8-13(9-15(10-14)21(25,26)27)19(31)30-7-3-4-12(11-30)18-28-16-5-1-2-6-17(16)29-18/h1-2,5-6,8-10,12H,3-4,7,11H2,(H,28,29). The highest BCUT2D eigenvalue weighted by atomic mass is 19.4. The van der Waals surface area contributed by atoms with Gasteiger partial charge in [-0.05, 0) is 43.2 Å². The summed E-state index contributed by atoms with van der Waals surface area (Å²) < 4.78 is 78.7. The average Bonchev–Trinajstić information content (AvgIpc) is 3.16. The van der Waals surface area contributed by atoms with Gasteiger partial charge < -0.3 is 9.88 Å². The molecule has 1 aliphatic rings. The lowest BCUT2D eigenvalue weighted by atomic mass is 9.96. The Bertz CT molecular complexity index is 1050. The Morgan fingerprint density at radius 2 is 1.65 bits per heavy atom. The number of likely N-dealkylation sites (tertiary alicyclic amines) is 1. The van der Waals surface area contributed by atoms with Crippen molar-refractivity contribution < 1.29 is 31.1 Å². The van der Waals surface area contributed by atoms with Gasteiger partial charge in [0.15, 0.2) is 0 Å². The van der Waals surface area contributed by atoms with E-state index in [2.05, 4.69) is 9.97 Å². The molecule has 1 fully saturated rings. The molecule has 2 heterocycles. The largest absolute Gasteiger partial charge is 0.416 e. The Morgan fingerprint density at radius 3 is 2.26 bits per heavy atom. The fraction of sp³-hybridized carbons (Fsp3) is 0.333. The molecule has 1 unspecified atom stereocenters. The normalized spacial score (nSPS) is 17.9. The van der Waals surface area contributed by atoms with E-state index in [1.807, 2.05) is 24.3 Å². The van der Waals surface area contributed by atoms with Crippen LogP contribution >= 0.6 is 0 Å². The summed E-state index contributed by atoms with van der Waals surface area (Å²) in [7, 11) is 0. The molecule has 1 atom stereocenters. The number of nitrogens with zero attached hydrogens (tertiary/aromatic N) is 2. The van der Waals surface area contributed by atoms with Gasteiger partial charge in [-0.25, -0.2) is 4.98 Å². The highest BCUT2D eigenvalue weighted by Gasteiger charge is 2.38. The number of rotatable bonds is 2. The molecule has 0 radical (unpaired) electrons.